The van der Waals surface area contributed by atoms with Gasteiger partial charge in [-0.25, -0.2) is 4.79 Å². The van der Waals surface area contributed by atoms with Crippen LogP contribution in [-0.2, 0) is 4.79 Å². The average Bonchev–Trinajstić information content (AvgIpc) is 2.26. The maximum atomic E-state index is 12.9. The Hall–Kier alpha value is -1.13. The molecule has 0 aromatic heterocycles. The largest absolute Gasteiger partial charge is 0.477 e. The Bertz CT molecular complexity index is 427. The van der Waals surface area contributed by atoms with Crippen molar-refractivity contribution in [2.24, 2.45) is 0 Å². The number of alkyl halides is 9. The molecule has 0 bridgehead atoms. The van der Waals surface area contributed by atoms with Crippen molar-refractivity contribution < 1.29 is 49.4 Å². The highest BCUT2D eigenvalue weighted by atomic mass is 35.5. The number of allylic oxidation sites excluding steroid dienone is 1. The lowest BCUT2D eigenvalue weighted by atomic mass is 9.99. The number of carboxylic acid groups (broad SMARTS) is 1. The number of hydrogen-bond acceptors (Lipinski definition) is 1. The van der Waals surface area contributed by atoms with Crippen LogP contribution >= 0.6 is 11.6 Å². The molecular weight excluding hydrogens is 347 g/mol. The summed E-state index contributed by atoms with van der Waals surface area (Å²) < 4.78 is 111. The third-order valence-electron chi connectivity index (χ3n) is 2.20. The van der Waals surface area contributed by atoms with Crippen LogP contribution in [0.1, 0.15) is 12.8 Å². The lowest BCUT2D eigenvalue weighted by molar-refractivity contribution is -0.396. The Morgan fingerprint density at radius 2 is 1.38 bits per heavy atom. The van der Waals surface area contributed by atoms with Crippen LogP contribution in [0.2, 0.25) is 0 Å². The highest BCUT2D eigenvalue weighted by Gasteiger charge is 2.81. The molecule has 0 saturated heterocycles. The average molecular weight is 353 g/mol. The monoisotopic (exact) mass is 352 g/mol. The molecule has 0 atom stereocenters. The Labute approximate surface area is 116 Å². The number of carboxylic acids is 1. The molecule has 0 aliphatic rings. The van der Waals surface area contributed by atoms with Gasteiger partial charge < -0.3 is 5.11 Å². The zero-order chi connectivity index (χ0) is 17.3. The van der Waals surface area contributed by atoms with Gasteiger partial charge in [-0.2, -0.15) is 39.5 Å². The molecule has 0 rings (SSSR count). The summed E-state index contributed by atoms with van der Waals surface area (Å²) in [5.41, 5.74) is 0. The molecule has 0 saturated carbocycles. The predicted octanol–water partition coefficient (Wildman–Crippen LogP) is 4.44. The lowest BCUT2D eigenvalue weighted by Crippen LogP contribution is -2.60. The highest BCUT2D eigenvalue weighted by Crippen LogP contribution is 2.54. The minimum absolute atomic E-state index is 0.277. The zero-order valence-electron chi connectivity index (χ0n) is 9.63. The van der Waals surface area contributed by atoms with E-state index in [1.165, 1.54) is 0 Å². The van der Waals surface area contributed by atoms with Crippen LogP contribution in [0.3, 0.4) is 0 Å². The molecule has 0 aliphatic carbocycles. The number of aliphatic carboxylic acids is 1. The predicted molar refractivity (Wildman–Crippen MR) is 51.7 cm³/mol. The van der Waals surface area contributed by atoms with E-state index >= 15 is 0 Å². The lowest BCUT2D eigenvalue weighted by Gasteiger charge is -2.33. The fourth-order valence-corrected chi connectivity index (χ4v) is 1.14. The van der Waals surface area contributed by atoms with Crippen molar-refractivity contribution in [2.75, 3.05) is 0 Å². The molecule has 1 N–H and O–H groups in total. The summed E-state index contributed by atoms with van der Waals surface area (Å²) in [4.78, 5) is 10.1. The Kier molecular flexibility index (Phi) is 5.61. The summed E-state index contributed by atoms with van der Waals surface area (Å²) in [7, 11) is 0. The standard InChI is InChI=1S/C9H6ClF9O2/c10-4(5(20)21)2-1-3-6(11,12)7(13,14)8(15,16)9(17,18)19/h2H,1,3H2,(H,20,21). The molecule has 0 aromatic rings. The van der Waals surface area contributed by atoms with E-state index in [1.54, 1.807) is 0 Å². The third-order valence-corrected chi connectivity index (χ3v) is 2.51. The Morgan fingerprint density at radius 1 is 0.952 bits per heavy atom. The molecule has 0 heterocycles. The maximum absolute atomic E-state index is 12.9. The summed E-state index contributed by atoms with van der Waals surface area (Å²) in [6, 6.07) is 0. The molecule has 0 radical (unpaired) electrons. The molecule has 12 heteroatoms. The maximum Gasteiger partial charge on any atom is 0.460 e. The van der Waals surface area contributed by atoms with E-state index in [0.717, 1.165) is 0 Å². The summed E-state index contributed by atoms with van der Waals surface area (Å²) in [5.74, 6) is -21.2. The van der Waals surface area contributed by atoms with Crippen molar-refractivity contribution in [2.45, 2.75) is 36.8 Å². The van der Waals surface area contributed by atoms with Gasteiger partial charge in [0.2, 0.25) is 0 Å². The normalized spacial score (nSPS) is 15.2. The topological polar surface area (TPSA) is 37.3 Å². The van der Waals surface area contributed by atoms with E-state index in [9.17, 15) is 44.3 Å². The van der Waals surface area contributed by atoms with E-state index in [4.69, 9.17) is 16.7 Å². The van der Waals surface area contributed by atoms with E-state index in [2.05, 4.69) is 0 Å². The smallest absolute Gasteiger partial charge is 0.460 e. The van der Waals surface area contributed by atoms with Crippen LogP contribution in [0.15, 0.2) is 11.1 Å². The molecular formula is C9H6ClF9O2. The molecule has 0 aromatic carbocycles. The highest BCUT2D eigenvalue weighted by molar-refractivity contribution is 6.40. The van der Waals surface area contributed by atoms with E-state index in [1.807, 2.05) is 0 Å². The van der Waals surface area contributed by atoms with Crippen LogP contribution in [0, 0.1) is 0 Å². The van der Waals surface area contributed by atoms with Gasteiger partial charge in [-0.3, -0.25) is 0 Å². The second-order valence-corrected chi connectivity index (χ2v) is 4.15. The van der Waals surface area contributed by atoms with Gasteiger partial charge in [0, 0.05) is 6.42 Å². The summed E-state index contributed by atoms with van der Waals surface area (Å²) in [5, 5.41) is 7.13. The first-order valence-corrected chi connectivity index (χ1v) is 5.25. The molecule has 2 nitrogen and oxygen atoms in total. The fraction of sp³-hybridized carbons (Fsp3) is 0.667. The van der Waals surface area contributed by atoms with Crippen molar-refractivity contribution in [3.63, 3.8) is 0 Å². The summed E-state index contributed by atoms with van der Waals surface area (Å²) >= 11 is 4.92. The molecule has 0 unspecified atom stereocenters. The van der Waals surface area contributed by atoms with Crippen LogP contribution < -0.4 is 0 Å². The van der Waals surface area contributed by atoms with Crippen LogP contribution in [-0.4, -0.2) is 35.0 Å². The van der Waals surface area contributed by atoms with E-state index in [-0.39, 0.29) is 6.08 Å². The first-order valence-electron chi connectivity index (χ1n) is 4.87. The Balaban J connectivity index is 5.23. The molecule has 0 aliphatic heterocycles. The number of hydrogen-bond donors (Lipinski definition) is 1. The van der Waals surface area contributed by atoms with Gasteiger partial charge >= 0.3 is 29.9 Å². The quantitative estimate of drug-likeness (QED) is 0.567. The van der Waals surface area contributed by atoms with E-state index in [0.29, 0.717) is 0 Å². The first-order chi connectivity index (χ1) is 9.08. The number of carbonyl (C=O) groups is 1. The van der Waals surface area contributed by atoms with Crippen molar-refractivity contribution in [3.8, 4) is 0 Å². The SMILES string of the molecule is O=C(O)C(Cl)=CCCC(F)(F)C(F)(F)C(F)(F)C(F)(F)F. The van der Waals surface area contributed by atoms with Gasteiger partial charge in [0.15, 0.2) is 0 Å². The van der Waals surface area contributed by atoms with Crippen molar-refractivity contribution in [1.29, 1.82) is 0 Å². The van der Waals surface area contributed by atoms with Crippen molar-refractivity contribution in [1.82, 2.24) is 0 Å². The van der Waals surface area contributed by atoms with Gasteiger partial charge in [0.25, 0.3) is 0 Å². The van der Waals surface area contributed by atoms with Crippen LogP contribution in [0.25, 0.3) is 0 Å². The number of rotatable bonds is 6. The Morgan fingerprint density at radius 3 is 1.71 bits per heavy atom. The van der Waals surface area contributed by atoms with Crippen LogP contribution in [0.5, 0.6) is 0 Å². The molecule has 21 heavy (non-hydrogen) atoms. The number of halogens is 10. The van der Waals surface area contributed by atoms with Gasteiger partial charge in [-0.15, -0.1) is 0 Å². The molecule has 124 valence electrons. The second-order valence-electron chi connectivity index (χ2n) is 3.75. The molecule has 0 amide bonds. The van der Waals surface area contributed by atoms with Crippen LogP contribution in [0.4, 0.5) is 39.5 Å². The minimum Gasteiger partial charge on any atom is -0.477 e. The third kappa shape index (κ3) is 3.95. The summed E-state index contributed by atoms with van der Waals surface area (Å²) in [6.45, 7) is 0. The van der Waals surface area contributed by atoms with Gasteiger partial charge in [-0.05, 0) is 6.42 Å². The fourth-order valence-electron chi connectivity index (χ4n) is 1.03. The zero-order valence-corrected chi connectivity index (χ0v) is 10.4. The first kappa shape index (κ1) is 19.9. The second kappa shape index (κ2) is 5.93. The minimum atomic E-state index is -6.95. The van der Waals surface area contributed by atoms with Crippen molar-refractivity contribution in [3.05, 3.63) is 11.1 Å². The molecule has 0 spiro atoms. The summed E-state index contributed by atoms with van der Waals surface area (Å²) in [6.07, 6.45) is -10.0. The van der Waals surface area contributed by atoms with Crippen molar-refractivity contribution >= 4 is 17.6 Å². The van der Waals surface area contributed by atoms with Gasteiger partial charge in [-0.1, -0.05) is 17.7 Å². The van der Waals surface area contributed by atoms with E-state index < -0.39 is 47.8 Å². The van der Waals surface area contributed by atoms with Gasteiger partial charge in [0.1, 0.15) is 5.03 Å². The van der Waals surface area contributed by atoms with Gasteiger partial charge in [0.05, 0.1) is 0 Å². The molecule has 0 fully saturated rings.